The maximum absolute atomic E-state index is 12.5. The maximum atomic E-state index is 12.5. The van der Waals surface area contributed by atoms with Crippen LogP contribution in [-0.4, -0.2) is 63.3 Å². The minimum atomic E-state index is -0.524. The smallest absolute Gasteiger partial charge is 0.412 e. The largest absolute Gasteiger partial charge is 0.496 e. The first kappa shape index (κ1) is 32.6. The third-order valence-corrected chi connectivity index (χ3v) is 8.56. The summed E-state index contributed by atoms with van der Waals surface area (Å²) in [6, 6.07) is 16.1. The van der Waals surface area contributed by atoms with Crippen molar-refractivity contribution >= 4 is 6.09 Å². The van der Waals surface area contributed by atoms with Crippen molar-refractivity contribution in [3.05, 3.63) is 94.7 Å². The summed E-state index contributed by atoms with van der Waals surface area (Å²) in [4.78, 5) is 14.2. The molecule has 3 atom stereocenters. The Balaban J connectivity index is 0.000000330. The van der Waals surface area contributed by atoms with Crippen LogP contribution in [0.2, 0.25) is 0 Å². The highest BCUT2D eigenvalue weighted by atomic mass is 16.6. The predicted molar refractivity (Wildman–Crippen MR) is 175 cm³/mol. The molecule has 2 heterocycles. The van der Waals surface area contributed by atoms with Crippen molar-refractivity contribution in [3.63, 3.8) is 0 Å². The van der Waals surface area contributed by atoms with Gasteiger partial charge < -0.3 is 29.0 Å². The number of allylic oxidation sites excluding steroid dienone is 5. The van der Waals surface area contributed by atoms with Crippen LogP contribution < -0.4 is 14.8 Å². The summed E-state index contributed by atoms with van der Waals surface area (Å²) in [5, 5.41) is 3.39. The van der Waals surface area contributed by atoms with Crippen LogP contribution in [0.25, 0.3) is 0 Å². The number of carbonyl (C=O) groups is 1. The summed E-state index contributed by atoms with van der Waals surface area (Å²) in [6.07, 6.45) is 9.86. The molecule has 1 saturated heterocycles. The molecule has 45 heavy (non-hydrogen) atoms. The SMILES string of the molecule is C1=CC2=C3C=C1C2CCN3.COc1ccccc1COCCCOc1ccc(C2CCN(C(=O)OC(C)(C)C)C(OC)C2)cc1. The third-order valence-electron chi connectivity index (χ3n) is 8.56. The van der Waals surface area contributed by atoms with E-state index in [0.717, 1.165) is 48.8 Å². The van der Waals surface area contributed by atoms with Crippen molar-refractivity contribution in [1.29, 1.82) is 0 Å². The molecule has 8 nitrogen and oxygen atoms in total. The van der Waals surface area contributed by atoms with E-state index in [1.807, 2.05) is 57.2 Å². The third kappa shape index (κ3) is 8.50. The van der Waals surface area contributed by atoms with Gasteiger partial charge in [-0.05, 0) is 86.9 Å². The number of carbonyl (C=O) groups excluding carboxylic acids is 1. The molecule has 242 valence electrons. The Morgan fingerprint density at radius 3 is 2.51 bits per heavy atom. The van der Waals surface area contributed by atoms with Crippen LogP contribution in [0.1, 0.15) is 63.5 Å². The van der Waals surface area contributed by atoms with Crippen molar-refractivity contribution in [2.45, 2.75) is 70.8 Å². The summed E-state index contributed by atoms with van der Waals surface area (Å²) in [5.74, 6) is 2.77. The first-order valence-electron chi connectivity index (χ1n) is 16.1. The maximum Gasteiger partial charge on any atom is 0.412 e. The number of methoxy groups -OCH3 is 2. The molecule has 4 aliphatic rings. The van der Waals surface area contributed by atoms with Crippen molar-refractivity contribution in [2.75, 3.05) is 40.5 Å². The number of nitrogens with one attached hydrogen (secondary N) is 1. The highest BCUT2D eigenvalue weighted by molar-refractivity contribution is 5.68. The van der Waals surface area contributed by atoms with Gasteiger partial charge in [0.05, 0.1) is 26.9 Å². The van der Waals surface area contributed by atoms with E-state index >= 15 is 0 Å². The molecule has 2 aromatic carbocycles. The fourth-order valence-corrected chi connectivity index (χ4v) is 6.28. The Labute approximate surface area is 268 Å². The number of nitrogens with zero attached hydrogens (tertiary/aromatic N) is 1. The number of hydrogen-bond donors (Lipinski definition) is 1. The van der Waals surface area contributed by atoms with Gasteiger partial charge in [0.15, 0.2) is 0 Å². The van der Waals surface area contributed by atoms with Crippen molar-refractivity contribution in [1.82, 2.24) is 10.2 Å². The topological polar surface area (TPSA) is 78.5 Å². The molecular formula is C37H48N2O6. The molecule has 0 spiro atoms. The second kappa shape index (κ2) is 15.0. The van der Waals surface area contributed by atoms with E-state index in [4.69, 9.17) is 23.7 Å². The zero-order chi connectivity index (χ0) is 31.8. The molecule has 0 radical (unpaired) electrons. The summed E-state index contributed by atoms with van der Waals surface area (Å²) in [7, 11) is 3.31. The molecule has 1 N–H and O–H groups in total. The molecule has 2 aromatic rings. The first-order valence-corrected chi connectivity index (χ1v) is 16.1. The number of hydrogen-bond acceptors (Lipinski definition) is 7. The fraction of sp³-hybridized carbons (Fsp3) is 0.486. The molecule has 0 aromatic heterocycles. The minimum Gasteiger partial charge on any atom is -0.496 e. The monoisotopic (exact) mass is 616 g/mol. The molecule has 6 rings (SSSR count). The van der Waals surface area contributed by atoms with Gasteiger partial charge in [0.1, 0.15) is 23.3 Å². The summed E-state index contributed by atoms with van der Waals surface area (Å²) in [5.41, 5.74) is 6.18. The van der Waals surface area contributed by atoms with E-state index in [0.29, 0.717) is 32.3 Å². The number of likely N-dealkylation sites (tertiary alicyclic amines) is 1. The lowest BCUT2D eigenvalue weighted by atomic mass is 9.88. The average molecular weight is 617 g/mol. The highest BCUT2D eigenvalue weighted by Crippen LogP contribution is 2.42. The number of benzene rings is 2. The van der Waals surface area contributed by atoms with Gasteiger partial charge in [-0.3, -0.25) is 4.90 Å². The van der Waals surface area contributed by atoms with E-state index in [9.17, 15) is 4.79 Å². The van der Waals surface area contributed by atoms with Crippen LogP contribution in [0, 0.1) is 5.92 Å². The second-order valence-corrected chi connectivity index (χ2v) is 12.8. The van der Waals surface area contributed by atoms with Gasteiger partial charge in [0.25, 0.3) is 0 Å². The van der Waals surface area contributed by atoms with E-state index in [1.165, 1.54) is 28.8 Å². The number of amides is 1. The Bertz CT molecular complexity index is 1390. The van der Waals surface area contributed by atoms with Gasteiger partial charge in [0.2, 0.25) is 0 Å². The van der Waals surface area contributed by atoms with Crippen LogP contribution in [0.5, 0.6) is 11.5 Å². The van der Waals surface area contributed by atoms with Crippen LogP contribution in [-0.2, 0) is 20.8 Å². The lowest BCUT2D eigenvalue weighted by Crippen LogP contribution is -2.48. The van der Waals surface area contributed by atoms with Gasteiger partial charge in [-0.1, -0.05) is 42.5 Å². The zero-order valence-electron chi connectivity index (χ0n) is 27.3. The number of para-hydroxylation sites is 1. The van der Waals surface area contributed by atoms with Gasteiger partial charge in [-0.25, -0.2) is 4.79 Å². The molecule has 4 bridgehead atoms. The first-order chi connectivity index (χ1) is 21.8. The lowest BCUT2D eigenvalue weighted by molar-refractivity contribution is -0.0692. The summed E-state index contributed by atoms with van der Waals surface area (Å²) >= 11 is 0. The van der Waals surface area contributed by atoms with Crippen molar-refractivity contribution in [2.24, 2.45) is 5.92 Å². The molecule has 3 unspecified atom stereocenters. The summed E-state index contributed by atoms with van der Waals surface area (Å²) in [6.45, 7) is 9.11. The van der Waals surface area contributed by atoms with Crippen LogP contribution in [0.3, 0.4) is 0 Å². The molecule has 8 heteroatoms. The van der Waals surface area contributed by atoms with Crippen LogP contribution >= 0.6 is 0 Å². The standard InChI is InChI=1S/C28H39NO6.C9H9N/c1-28(2,3)35-27(30)29-16-15-22(19-26(29)32-5)21-11-13-24(14-12-21)34-18-8-17-33-20-23-9-6-7-10-25(23)31-4;1-2-8-7-3-4-10-9(8)5-6(1)7/h6-7,9-14,22,26H,8,15-20H2,1-5H3;1-2,5,7,10H,3-4H2. The Morgan fingerprint density at radius 2 is 1.80 bits per heavy atom. The Kier molecular flexibility index (Phi) is 10.9. The quantitative estimate of drug-likeness (QED) is 0.285. The van der Waals surface area contributed by atoms with E-state index in [-0.39, 0.29) is 12.3 Å². The summed E-state index contributed by atoms with van der Waals surface area (Å²) < 4.78 is 28.2. The minimum absolute atomic E-state index is 0.296. The predicted octanol–water partition coefficient (Wildman–Crippen LogP) is 7.13. The fourth-order valence-electron chi connectivity index (χ4n) is 6.28. The highest BCUT2D eigenvalue weighted by Gasteiger charge is 2.35. The molecule has 2 aliphatic carbocycles. The van der Waals surface area contributed by atoms with E-state index in [1.54, 1.807) is 19.1 Å². The van der Waals surface area contributed by atoms with Gasteiger partial charge in [-0.2, -0.15) is 0 Å². The van der Waals surface area contributed by atoms with Gasteiger partial charge >= 0.3 is 6.09 Å². The molecular weight excluding hydrogens is 568 g/mol. The lowest BCUT2D eigenvalue weighted by Gasteiger charge is -2.39. The van der Waals surface area contributed by atoms with Gasteiger partial charge in [0, 0.05) is 43.8 Å². The molecule has 1 amide bonds. The second-order valence-electron chi connectivity index (χ2n) is 12.8. The molecule has 0 saturated carbocycles. The molecule has 1 fully saturated rings. The average Bonchev–Trinajstić information content (AvgIpc) is 3.53. The number of ether oxygens (including phenoxy) is 5. The Hall–Kier alpha value is -3.75. The normalized spacial score (nSPS) is 21.5. The zero-order valence-corrected chi connectivity index (χ0v) is 27.3. The number of rotatable bonds is 10. The van der Waals surface area contributed by atoms with E-state index in [2.05, 4.69) is 35.7 Å². The number of piperidine rings is 1. The van der Waals surface area contributed by atoms with Gasteiger partial charge in [-0.15, -0.1) is 0 Å². The Morgan fingerprint density at radius 1 is 1.00 bits per heavy atom. The van der Waals surface area contributed by atoms with E-state index < -0.39 is 5.60 Å². The molecule has 2 aliphatic heterocycles. The van der Waals surface area contributed by atoms with Crippen molar-refractivity contribution < 1.29 is 28.5 Å². The van der Waals surface area contributed by atoms with Crippen LogP contribution in [0.4, 0.5) is 4.79 Å². The van der Waals surface area contributed by atoms with Crippen molar-refractivity contribution in [3.8, 4) is 11.5 Å². The van der Waals surface area contributed by atoms with Crippen LogP contribution in [0.15, 0.2) is 83.6 Å².